The van der Waals surface area contributed by atoms with Gasteiger partial charge >= 0.3 is 0 Å². The van der Waals surface area contributed by atoms with Gasteiger partial charge in [-0.15, -0.1) is 11.3 Å². The average molecular weight is 387 g/mol. The monoisotopic (exact) mass is 387 g/mol. The van der Waals surface area contributed by atoms with Gasteiger partial charge in [-0.3, -0.25) is 4.79 Å². The summed E-state index contributed by atoms with van der Waals surface area (Å²) >= 11 is 1.65. The molecule has 3 aromatic rings. The largest absolute Gasteiger partial charge is 0.484 e. The fourth-order valence-corrected chi connectivity index (χ4v) is 3.91. The maximum Gasteiger partial charge on any atom is 0.275 e. The van der Waals surface area contributed by atoms with Gasteiger partial charge < -0.3 is 18.8 Å². The number of benzene rings is 1. The summed E-state index contributed by atoms with van der Waals surface area (Å²) in [5.41, 5.74) is 1.19. The molecular weight excluding hydrogens is 366 g/mol. The van der Waals surface area contributed by atoms with Gasteiger partial charge in [0.2, 0.25) is 5.89 Å². The van der Waals surface area contributed by atoms with Crippen LogP contribution in [0.15, 0.2) is 28.9 Å². The molecule has 0 aliphatic carbocycles. The van der Waals surface area contributed by atoms with Crippen LogP contribution in [0.4, 0.5) is 0 Å². The highest BCUT2D eigenvalue weighted by Gasteiger charge is 2.22. The quantitative estimate of drug-likeness (QED) is 0.645. The number of likely N-dealkylation sites (N-methyl/N-ethyl adjacent to an activating group) is 1. The predicted octanol–water partition coefficient (Wildman–Crippen LogP) is 3.42. The normalized spacial score (nSPS) is 16.7. The molecule has 1 atom stereocenters. The molecule has 0 radical (unpaired) electrons. The molecule has 1 fully saturated rings. The molecule has 1 aromatic carbocycles. The summed E-state index contributed by atoms with van der Waals surface area (Å²) in [7, 11) is 1.75. The van der Waals surface area contributed by atoms with Crippen LogP contribution in [0.3, 0.4) is 0 Å². The molecule has 1 aliphatic rings. The Morgan fingerprint density at radius 3 is 3.11 bits per heavy atom. The molecule has 4 rings (SSSR count). The lowest BCUT2D eigenvalue weighted by Crippen LogP contribution is -2.34. The Balaban J connectivity index is 1.36. The number of ether oxygens (including phenoxy) is 2. The van der Waals surface area contributed by atoms with Crippen LogP contribution < -0.4 is 4.74 Å². The molecule has 27 heavy (non-hydrogen) atoms. The summed E-state index contributed by atoms with van der Waals surface area (Å²) in [5, 5.41) is 1.02. The van der Waals surface area contributed by atoms with Crippen molar-refractivity contribution in [2.45, 2.75) is 32.5 Å². The van der Waals surface area contributed by atoms with Crippen molar-refractivity contribution < 1.29 is 18.7 Å². The van der Waals surface area contributed by atoms with Gasteiger partial charge in [0.25, 0.3) is 5.91 Å². The highest BCUT2D eigenvalue weighted by atomic mass is 32.1. The van der Waals surface area contributed by atoms with Crippen LogP contribution in [0.2, 0.25) is 0 Å². The van der Waals surface area contributed by atoms with E-state index in [1.165, 1.54) is 6.26 Å². The Hall–Kier alpha value is -2.45. The zero-order valence-electron chi connectivity index (χ0n) is 15.3. The molecule has 1 saturated heterocycles. The van der Waals surface area contributed by atoms with E-state index < -0.39 is 0 Å². The van der Waals surface area contributed by atoms with Gasteiger partial charge in [0.1, 0.15) is 12.0 Å². The van der Waals surface area contributed by atoms with Crippen molar-refractivity contribution in [3.05, 3.63) is 41.1 Å². The van der Waals surface area contributed by atoms with Crippen molar-refractivity contribution >= 4 is 27.5 Å². The van der Waals surface area contributed by atoms with Crippen molar-refractivity contribution in [2.24, 2.45) is 0 Å². The number of nitrogens with zero attached hydrogens (tertiary/aromatic N) is 3. The number of carbonyl (C=O) groups excluding carboxylic acids is 1. The first-order valence-corrected chi connectivity index (χ1v) is 9.71. The van der Waals surface area contributed by atoms with Crippen molar-refractivity contribution in [1.29, 1.82) is 0 Å². The highest BCUT2D eigenvalue weighted by Crippen LogP contribution is 2.26. The van der Waals surface area contributed by atoms with Crippen LogP contribution in [-0.2, 0) is 11.3 Å². The standard InChI is InChI=1S/C19H21N3O4S/c1-12-20-15-8-13(5-6-17(15)27-12)25-11-18-21-16(10-26-18)19(23)22(2)9-14-4-3-7-24-14/h5-6,8,10,14H,3-4,7,9,11H2,1-2H3. The second kappa shape index (κ2) is 7.66. The number of aryl methyl sites for hydroxylation is 1. The molecule has 0 N–H and O–H groups in total. The van der Waals surface area contributed by atoms with E-state index in [0.717, 1.165) is 34.7 Å². The smallest absolute Gasteiger partial charge is 0.275 e. The van der Waals surface area contributed by atoms with E-state index in [0.29, 0.717) is 18.2 Å². The van der Waals surface area contributed by atoms with Crippen molar-refractivity contribution in [2.75, 3.05) is 20.2 Å². The van der Waals surface area contributed by atoms with Crippen molar-refractivity contribution in [3.63, 3.8) is 0 Å². The molecule has 1 amide bonds. The molecule has 0 spiro atoms. The van der Waals surface area contributed by atoms with E-state index >= 15 is 0 Å². The Morgan fingerprint density at radius 1 is 1.41 bits per heavy atom. The van der Waals surface area contributed by atoms with Crippen LogP contribution in [0, 0.1) is 6.92 Å². The van der Waals surface area contributed by atoms with Crippen LogP contribution in [0.1, 0.15) is 34.2 Å². The molecule has 0 bridgehead atoms. The number of amides is 1. The second-order valence-electron chi connectivity index (χ2n) is 6.60. The van der Waals surface area contributed by atoms with E-state index in [2.05, 4.69) is 9.97 Å². The number of aromatic nitrogens is 2. The van der Waals surface area contributed by atoms with Crippen LogP contribution in [-0.4, -0.2) is 47.1 Å². The molecular formula is C19H21N3O4S. The van der Waals surface area contributed by atoms with Gasteiger partial charge in [-0.2, -0.15) is 0 Å². The molecule has 3 heterocycles. The van der Waals surface area contributed by atoms with Gasteiger partial charge in [0.05, 0.1) is 21.3 Å². The minimum absolute atomic E-state index is 0.109. The van der Waals surface area contributed by atoms with Crippen molar-refractivity contribution in [1.82, 2.24) is 14.9 Å². The summed E-state index contributed by atoms with van der Waals surface area (Å²) in [5.74, 6) is 0.868. The third kappa shape index (κ3) is 4.12. The zero-order chi connectivity index (χ0) is 18.8. The van der Waals surface area contributed by atoms with E-state index in [1.54, 1.807) is 23.3 Å². The molecule has 142 valence electrons. The maximum absolute atomic E-state index is 12.5. The fraction of sp³-hybridized carbons (Fsp3) is 0.421. The first kappa shape index (κ1) is 17.9. The molecule has 0 saturated carbocycles. The van der Waals surface area contributed by atoms with E-state index in [9.17, 15) is 4.79 Å². The highest BCUT2D eigenvalue weighted by molar-refractivity contribution is 7.18. The Morgan fingerprint density at radius 2 is 2.30 bits per heavy atom. The third-order valence-electron chi connectivity index (χ3n) is 4.45. The number of thiazole rings is 1. The molecule has 8 heteroatoms. The number of rotatable bonds is 6. The van der Waals surface area contributed by atoms with Gasteiger partial charge in [0.15, 0.2) is 12.3 Å². The SMILES string of the molecule is Cc1nc2cc(OCc3nc(C(=O)N(C)CC4CCCO4)co3)ccc2s1. The minimum atomic E-state index is -0.181. The maximum atomic E-state index is 12.5. The van der Waals surface area contributed by atoms with Gasteiger partial charge in [0, 0.05) is 26.3 Å². The zero-order valence-corrected chi connectivity index (χ0v) is 16.1. The third-order valence-corrected chi connectivity index (χ3v) is 5.40. The topological polar surface area (TPSA) is 77.7 Å². The van der Waals surface area contributed by atoms with Gasteiger partial charge in [-0.25, -0.2) is 9.97 Å². The molecule has 2 aromatic heterocycles. The Bertz CT molecular complexity index is 945. The van der Waals surface area contributed by atoms with E-state index in [1.807, 2.05) is 25.1 Å². The van der Waals surface area contributed by atoms with Crippen LogP contribution >= 0.6 is 11.3 Å². The Kier molecular flexibility index (Phi) is 5.09. The van der Waals surface area contributed by atoms with Crippen LogP contribution in [0.5, 0.6) is 5.75 Å². The number of fused-ring (bicyclic) bond motifs is 1. The summed E-state index contributed by atoms with van der Waals surface area (Å²) in [6.07, 6.45) is 3.51. The predicted molar refractivity (Wildman–Crippen MR) is 101 cm³/mol. The summed E-state index contributed by atoms with van der Waals surface area (Å²) in [6.45, 7) is 3.46. The fourth-order valence-electron chi connectivity index (χ4n) is 3.10. The summed E-state index contributed by atoms with van der Waals surface area (Å²) in [6, 6.07) is 5.77. The number of oxazole rings is 1. The number of hydrogen-bond acceptors (Lipinski definition) is 7. The second-order valence-corrected chi connectivity index (χ2v) is 7.83. The lowest BCUT2D eigenvalue weighted by molar-refractivity contribution is 0.0582. The lowest BCUT2D eigenvalue weighted by Gasteiger charge is -2.19. The summed E-state index contributed by atoms with van der Waals surface area (Å²) < 4.78 is 17.8. The first-order chi connectivity index (χ1) is 13.1. The first-order valence-electron chi connectivity index (χ1n) is 8.90. The Labute approximate surface area is 160 Å². The summed E-state index contributed by atoms with van der Waals surface area (Å²) in [4.78, 5) is 22.8. The lowest BCUT2D eigenvalue weighted by atomic mass is 10.2. The molecule has 7 nitrogen and oxygen atoms in total. The number of hydrogen-bond donors (Lipinski definition) is 0. The van der Waals surface area contributed by atoms with Gasteiger partial charge in [-0.05, 0) is 31.9 Å². The average Bonchev–Trinajstić information content (AvgIpc) is 3.39. The van der Waals surface area contributed by atoms with E-state index in [-0.39, 0.29) is 24.3 Å². The molecule has 1 unspecified atom stereocenters. The number of carbonyl (C=O) groups is 1. The van der Waals surface area contributed by atoms with Crippen LogP contribution in [0.25, 0.3) is 10.2 Å². The van der Waals surface area contributed by atoms with Crippen molar-refractivity contribution in [3.8, 4) is 5.75 Å². The molecule has 1 aliphatic heterocycles. The van der Waals surface area contributed by atoms with E-state index in [4.69, 9.17) is 13.9 Å². The minimum Gasteiger partial charge on any atom is -0.484 e. The van der Waals surface area contributed by atoms with Gasteiger partial charge in [-0.1, -0.05) is 0 Å².